The summed E-state index contributed by atoms with van der Waals surface area (Å²) in [4.78, 5) is 0. The molecule has 0 aliphatic carbocycles. The molecule has 1 atom stereocenters. The third-order valence-corrected chi connectivity index (χ3v) is 4.19. The van der Waals surface area contributed by atoms with Crippen molar-refractivity contribution in [3.8, 4) is 0 Å². The summed E-state index contributed by atoms with van der Waals surface area (Å²) in [5.74, 6) is 1.44. The van der Waals surface area contributed by atoms with E-state index in [-0.39, 0.29) is 0 Å². The van der Waals surface area contributed by atoms with Gasteiger partial charge in [0.05, 0.1) is 0 Å². The molecular weight excluding hydrogens is 218 g/mol. The molecule has 102 valence electrons. The standard InChI is InChI=1S/C17H29N/c1-6-15(7-2)17(12-18-8-3)16-10-9-13(4)14(5)11-16/h9-11,15,17-18H,6-8,12H2,1-5H3. The van der Waals surface area contributed by atoms with Crippen LogP contribution in [-0.4, -0.2) is 13.1 Å². The first kappa shape index (κ1) is 15.2. The zero-order valence-corrected chi connectivity index (χ0v) is 12.7. The van der Waals surface area contributed by atoms with Crippen molar-refractivity contribution < 1.29 is 0 Å². The molecule has 0 aliphatic heterocycles. The van der Waals surface area contributed by atoms with Crippen LogP contribution in [-0.2, 0) is 0 Å². The summed E-state index contributed by atoms with van der Waals surface area (Å²) in [6.45, 7) is 13.4. The average molecular weight is 247 g/mol. The van der Waals surface area contributed by atoms with Crippen molar-refractivity contribution in [1.82, 2.24) is 5.32 Å². The maximum absolute atomic E-state index is 3.53. The zero-order chi connectivity index (χ0) is 13.5. The lowest BCUT2D eigenvalue weighted by Gasteiger charge is -2.26. The fraction of sp³-hybridized carbons (Fsp3) is 0.647. The molecule has 0 aromatic heterocycles. The Kier molecular flexibility index (Phi) is 6.42. The van der Waals surface area contributed by atoms with Gasteiger partial charge in [-0.3, -0.25) is 0 Å². The molecule has 0 spiro atoms. The first-order valence-corrected chi connectivity index (χ1v) is 7.41. The van der Waals surface area contributed by atoms with Crippen LogP contribution in [0.4, 0.5) is 0 Å². The summed E-state index contributed by atoms with van der Waals surface area (Å²) in [7, 11) is 0. The molecule has 0 fully saturated rings. The first-order chi connectivity index (χ1) is 8.63. The minimum Gasteiger partial charge on any atom is -0.316 e. The van der Waals surface area contributed by atoms with E-state index in [0.717, 1.165) is 19.0 Å². The molecule has 1 rings (SSSR count). The number of benzene rings is 1. The van der Waals surface area contributed by atoms with Gasteiger partial charge >= 0.3 is 0 Å². The molecule has 1 N–H and O–H groups in total. The Hall–Kier alpha value is -0.820. The molecule has 1 aromatic rings. The lowest BCUT2D eigenvalue weighted by Crippen LogP contribution is -2.26. The van der Waals surface area contributed by atoms with Gasteiger partial charge < -0.3 is 5.32 Å². The highest BCUT2D eigenvalue weighted by Crippen LogP contribution is 2.30. The predicted molar refractivity (Wildman–Crippen MR) is 81.3 cm³/mol. The SMILES string of the molecule is CCNCC(c1ccc(C)c(C)c1)C(CC)CC. The van der Waals surface area contributed by atoms with Gasteiger partial charge in [-0.2, -0.15) is 0 Å². The van der Waals surface area contributed by atoms with Crippen molar-refractivity contribution in [2.75, 3.05) is 13.1 Å². The van der Waals surface area contributed by atoms with Crippen LogP contribution in [0.2, 0.25) is 0 Å². The van der Waals surface area contributed by atoms with E-state index in [1.807, 2.05) is 0 Å². The summed E-state index contributed by atoms with van der Waals surface area (Å²) in [5, 5.41) is 3.53. The minimum absolute atomic E-state index is 0.652. The van der Waals surface area contributed by atoms with Gasteiger partial charge in [0.15, 0.2) is 0 Å². The minimum atomic E-state index is 0.652. The van der Waals surface area contributed by atoms with E-state index >= 15 is 0 Å². The van der Waals surface area contributed by atoms with Crippen LogP contribution in [0.25, 0.3) is 0 Å². The van der Waals surface area contributed by atoms with E-state index in [1.54, 1.807) is 0 Å². The van der Waals surface area contributed by atoms with Crippen molar-refractivity contribution in [2.24, 2.45) is 5.92 Å². The third kappa shape index (κ3) is 3.84. The first-order valence-electron chi connectivity index (χ1n) is 7.41. The number of nitrogens with one attached hydrogen (secondary N) is 1. The zero-order valence-electron chi connectivity index (χ0n) is 12.7. The molecule has 0 heterocycles. The van der Waals surface area contributed by atoms with E-state index in [1.165, 1.54) is 29.5 Å². The number of aryl methyl sites for hydroxylation is 2. The van der Waals surface area contributed by atoms with Gasteiger partial charge in [0.25, 0.3) is 0 Å². The molecule has 18 heavy (non-hydrogen) atoms. The Morgan fingerprint density at radius 3 is 2.17 bits per heavy atom. The molecule has 1 aromatic carbocycles. The van der Waals surface area contributed by atoms with E-state index in [2.05, 4.69) is 58.1 Å². The highest BCUT2D eigenvalue weighted by atomic mass is 14.8. The smallest absolute Gasteiger partial charge is 0.00227 e. The number of likely N-dealkylation sites (N-methyl/N-ethyl adjacent to an activating group) is 1. The van der Waals surface area contributed by atoms with Crippen molar-refractivity contribution >= 4 is 0 Å². The van der Waals surface area contributed by atoms with Crippen LogP contribution in [0.5, 0.6) is 0 Å². The van der Waals surface area contributed by atoms with Crippen LogP contribution in [0.15, 0.2) is 18.2 Å². The lowest BCUT2D eigenvalue weighted by atomic mass is 9.81. The normalized spacial score (nSPS) is 13.0. The van der Waals surface area contributed by atoms with E-state index in [4.69, 9.17) is 0 Å². The van der Waals surface area contributed by atoms with E-state index < -0.39 is 0 Å². The summed E-state index contributed by atoms with van der Waals surface area (Å²) >= 11 is 0. The van der Waals surface area contributed by atoms with Crippen molar-refractivity contribution in [1.29, 1.82) is 0 Å². The van der Waals surface area contributed by atoms with Crippen LogP contribution in [0, 0.1) is 19.8 Å². The Labute approximate surface area is 113 Å². The van der Waals surface area contributed by atoms with Gasteiger partial charge in [-0.1, -0.05) is 51.8 Å². The van der Waals surface area contributed by atoms with E-state index in [0.29, 0.717) is 5.92 Å². The molecule has 0 bridgehead atoms. The molecule has 0 saturated heterocycles. The predicted octanol–water partition coefficient (Wildman–Crippen LogP) is 4.43. The molecule has 0 saturated carbocycles. The van der Waals surface area contributed by atoms with Crippen LogP contribution in [0.1, 0.15) is 56.2 Å². The Balaban J connectivity index is 2.96. The van der Waals surface area contributed by atoms with E-state index in [9.17, 15) is 0 Å². The molecule has 0 radical (unpaired) electrons. The quantitative estimate of drug-likeness (QED) is 0.751. The highest BCUT2D eigenvalue weighted by molar-refractivity contribution is 5.32. The fourth-order valence-electron chi connectivity index (χ4n) is 2.71. The largest absolute Gasteiger partial charge is 0.316 e. The fourth-order valence-corrected chi connectivity index (χ4v) is 2.71. The van der Waals surface area contributed by atoms with Gasteiger partial charge in [-0.15, -0.1) is 0 Å². The van der Waals surface area contributed by atoms with Gasteiger partial charge in [0.1, 0.15) is 0 Å². The monoisotopic (exact) mass is 247 g/mol. The summed E-state index contributed by atoms with van der Waals surface area (Å²) < 4.78 is 0. The average Bonchev–Trinajstić information content (AvgIpc) is 2.38. The van der Waals surface area contributed by atoms with Gasteiger partial charge in [-0.05, 0) is 48.9 Å². The lowest BCUT2D eigenvalue weighted by molar-refractivity contribution is 0.382. The number of hydrogen-bond donors (Lipinski definition) is 1. The number of rotatable bonds is 7. The Morgan fingerprint density at radius 1 is 1.00 bits per heavy atom. The highest BCUT2D eigenvalue weighted by Gasteiger charge is 2.20. The second kappa shape index (κ2) is 7.58. The second-order valence-corrected chi connectivity index (χ2v) is 5.33. The third-order valence-electron chi connectivity index (χ3n) is 4.19. The molecule has 1 unspecified atom stereocenters. The molecule has 1 nitrogen and oxygen atoms in total. The maximum atomic E-state index is 3.53. The number of hydrogen-bond acceptors (Lipinski definition) is 1. The summed E-state index contributed by atoms with van der Waals surface area (Å²) in [6, 6.07) is 6.98. The van der Waals surface area contributed by atoms with Gasteiger partial charge in [-0.25, -0.2) is 0 Å². The topological polar surface area (TPSA) is 12.0 Å². The van der Waals surface area contributed by atoms with Crippen molar-refractivity contribution in [2.45, 2.75) is 53.4 Å². The summed E-state index contributed by atoms with van der Waals surface area (Å²) in [6.07, 6.45) is 2.53. The molecule has 1 heteroatoms. The van der Waals surface area contributed by atoms with Gasteiger partial charge in [0.2, 0.25) is 0 Å². The Morgan fingerprint density at radius 2 is 1.67 bits per heavy atom. The second-order valence-electron chi connectivity index (χ2n) is 5.33. The van der Waals surface area contributed by atoms with Crippen molar-refractivity contribution in [3.63, 3.8) is 0 Å². The maximum Gasteiger partial charge on any atom is 0.00227 e. The van der Waals surface area contributed by atoms with Crippen molar-refractivity contribution in [3.05, 3.63) is 34.9 Å². The molecule has 0 amide bonds. The van der Waals surface area contributed by atoms with Crippen LogP contribution in [0.3, 0.4) is 0 Å². The van der Waals surface area contributed by atoms with Crippen LogP contribution < -0.4 is 5.32 Å². The summed E-state index contributed by atoms with van der Waals surface area (Å²) in [5.41, 5.74) is 4.32. The Bertz CT molecular complexity index is 353. The van der Waals surface area contributed by atoms with Crippen LogP contribution >= 0.6 is 0 Å². The molecular formula is C17H29N. The van der Waals surface area contributed by atoms with Gasteiger partial charge in [0, 0.05) is 6.54 Å². The molecule has 0 aliphatic rings.